The minimum absolute atomic E-state index is 0.136. The lowest BCUT2D eigenvalue weighted by molar-refractivity contribution is 0.0974. The maximum absolute atomic E-state index is 11.1. The first-order chi connectivity index (χ1) is 16.3. The molecule has 1 aliphatic carbocycles. The van der Waals surface area contributed by atoms with E-state index in [1.165, 1.54) is 25.0 Å². The highest BCUT2D eigenvalue weighted by molar-refractivity contribution is 7.09. The summed E-state index contributed by atoms with van der Waals surface area (Å²) in [6.07, 6.45) is 5.25. The lowest BCUT2D eigenvalue weighted by Crippen LogP contribution is -2.38. The van der Waals surface area contributed by atoms with Crippen molar-refractivity contribution in [2.45, 2.75) is 44.1 Å². The number of aliphatic hydroxyl groups is 1. The van der Waals surface area contributed by atoms with Crippen molar-refractivity contribution >= 4 is 33.7 Å². The Labute approximate surface area is 197 Å². The smallest absolute Gasteiger partial charge is 0.162 e. The van der Waals surface area contributed by atoms with Crippen LogP contribution in [0, 0.1) is 5.92 Å². The molecule has 8 nitrogen and oxygen atoms in total. The van der Waals surface area contributed by atoms with Crippen LogP contribution in [0.3, 0.4) is 0 Å². The Hall–Kier alpha value is -2.36. The molecule has 1 saturated carbocycles. The molecule has 3 aromatic rings. The van der Waals surface area contributed by atoms with E-state index in [0.717, 1.165) is 79.7 Å². The molecule has 0 bridgehead atoms. The van der Waals surface area contributed by atoms with Gasteiger partial charge in [0.25, 0.3) is 0 Å². The number of hydrogen-bond donors (Lipinski definition) is 1. The van der Waals surface area contributed by atoms with Gasteiger partial charge in [-0.2, -0.15) is 0 Å². The van der Waals surface area contributed by atoms with Crippen LogP contribution in [0.25, 0.3) is 10.9 Å². The van der Waals surface area contributed by atoms with Crippen LogP contribution in [-0.2, 0) is 4.74 Å². The SMILES string of the molecule is O[C@H](c1nc(C2CCC2)cs1)[C@H]1CCCN(c2nnnc3cc(N4CCOCC4)ccc23)C1. The molecule has 4 heterocycles. The number of nitrogens with zero attached hydrogens (tertiary/aromatic N) is 6. The van der Waals surface area contributed by atoms with Crippen molar-refractivity contribution in [2.75, 3.05) is 49.2 Å². The summed E-state index contributed by atoms with van der Waals surface area (Å²) in [4.78, 5) is 9.40. The van der Waals surface area contributed by atoms with Crippen LogP contribution in [0.1, 0.15) is 54.8 Å². The van der Waals surface area contributed by atoms with Gasteiger partial charge < -0.3 is 19.6 Å². The lowest BCUT2D eigenvalue weighted by Gasteiger charge is -2.35. The molecule has 2 saturated heterocycles. The summed E-state index contributed by atoms with van der Waals surface area (Å²) in [6.45, 7) is 4.95. The molecule has 2 aromatic heterocycles. The molecular weight excluding hydrogens is 436 g/mol. The lowest BCUT2D eigenvalue weighted by atomic mass is 9.83. The zero-order chi connectivity index (χ0) is 22.2. The number of aromatic nitrogens is 4. The molecule has 1 aromatic carbocycles. The third-order valence-corrected chi connectivity index (χ3v) is 8.34. The van der Waals surface area contributed by atoms with Gasteiger partial charge in [-0.1, -0.05) is 6.42 Å². The van der Waals surface area contributed by atoms with Crippen LogP contribution in [-0.4, -0.2) is 64.9 Å². The Balaban J connectivity index is 1.21. The summed E-state index contributed by atoms with van der Waals surface area (Å²) in [5, 5.41) is 28.0. The van der Waals surface area contributed by atoms with Gasteiger partial charge >= 0.3 is 0 Å². The summed E-state index contributed by atoms with van der Waals surface area (Å²) in [5.74, 6) is 1.60. The largest absolute Gasteiger partial charge is 0.386 e. The van der Waals surface area contributed by atoms with Crippen LogP contribution < -0.4 is 9.80 Å². The highest BCUT2D eigenvalue weighted by Gasteiger charge is 2.31. The molecule has 33 heavy (non-hydrogen) atoms. The normalized spacial score (nSPS) is 23.0. The molecule has 0 amide bonds. The number of thiazole rings is 1. The van der Waals surface area contributed by atoms with E-state index in [0.29, 0.717) is 5.92 Å². The van der Waals surface area contributed by atoms with E-state index in [9.17, 15) is 5.11 Å². The Morgan fingerprint density at radius 2 is 1.91 bits per heavy atom. The molecular formula is C24H30N6O2S. The average molecular weight is 467 g/mol. The first-order valence-electron chi connectivity index (χ1n) is 12.1. The second kappa shape index (κ2) is 9.12. The van der Waals surface area contributed by atoms with E-state index in [4.69, 9.17) is 9.72 Å². The fourth-order valence-electron chi connectivity index (χ4n) is 5.20. The molecule has 2 atom stereocenters. The van der Waals surface area contributed by atoms with Gasteiger partial charge in [-0.05, 0) is 49.1 Å². The highest BCUT2D eigenvalue weighted by Crippen LogP contribution is 2.39. The van der Waals surface area contributed by atoms with Crippen molar-refractivity contribution in [3.63, 3.8) is 0 Å². The van der Waals surface area contributed by atoms with Gasteiger partial charge in [0.1, 0.15) is 16.6 Å². The number of fused-ring (bicyclic) bond motifs is 1. The molecule has 3 aliphatic rings. The number of hydrogen-bond acceptors (Lipinski definition) is 9. The minimum atomic E-state index is -0.527. The Morgan fingerprint density at radius 1 is 1.03 bits per heavy atom. The van der Waals surface area contributed by atoms with Crippen molar-refractivity contribution < 1.29 is 9.84 Å². The highest BCUT2D eigenvalue weighted by atomic mass is 32.1. The third-order valence-electron chi connectivity index (χ3n) is 7.41. The maximum atomic E-state index is 11.1. The van der Waals surface area contributed by atoms with Gasteiger partial charge in [0.05, 0.1) is 18.9 Å². The zero-order valence-corrected chi connectivity index (χ0v) is 19.6. The van der Waals surface area contributed by atoms with Gasteiger partial charge in [-0.15, -0.1) is 21.5 Å². The van der Waals surface area contributed by atoms with Crippen molar-refractivity contribution in [1.29, 1.82) is 0 Å². The van der Waals surface area contributed by atoms with Crippen LogP contribution in [0.2, 0.25) is 0 Å². The molecule has 6 rings (SSSR count). The molecule has 0 spiro atoms. The van der Waals surface area contributed by atoms with Gasteiger partial charge in [0.15, 0.2) is 5.82 Å². The van der Waals surface area contributed by atoms with Gasteiger partial charge in [-0.25, -0.2) is 4.98 Å². The number of ether oxygens (including phenoxy) is 1. The monoisotopic (exact) mass is 466 g/mol. The number of benzene rings is 1. The summed E-state index contributed by atoms with van der Waals surface area (Å²) >= 11 is 1.61. The van der Waals surface area contributed by atoms with Crippen molar-refractivity contribution in [2.24, 2.45) is 5.92 Å². The summed E-state index contributed by atoms with van der Waals surface area (Å²) < 4.78 is 5.48. The van der Waals surface area contributed by atoms with E-state index >= 15 is 0 Å². The Morgan fingerprint density at radius 3 is 2.73 bits per heavy atom. The Kier molecular flexibility index (Phi) is 5.85. The van der Waals surface area contributed by atoms with Gasteiger partial charge in [0.2, 0.25) is 0 Å². The number of aliphatic hydroxyl groups excluding tert-OH is 1. The molecule has 2 aliphatic heterocycles. The molecule has 0 unspecified atom stereocenters. The van der Waals surface area contributed by atoms with Gasteiger partial charge in [-0.3, -0.25) is 0 Å². The van der Waals surface area contributed by atoms with Gasteiger partial charge in [0, 0.05) is 54.5 Å². The van der Waals surface area contributed by atoms with Crippen LogP contribution in [0.15, 0.2) is 23.6 Å². The predicted molar refractivity (Wildman–Crippen MR) is 129 cm³/mol. The van der Waals surface area contributed by atoms with E-state index in [2.05, 4.69) is 48.8 Å². The summed E-state index contributed by atoms with van der Waals surface area (Å²) in [7, 11) is 0. The average Bonchev–Trinajstić information content (AvgIpc) is 3.32. The van der Waals surface area contributed by atoms with Crippen molar-refractivity contribution in [1.82, 2.24) is 20.4 Å². The predicted octanol–water partition coefficient (Wildman–Crippen LogP) is 3.54. The third kappa shape index (κ3) is 4.18. The maximum Gasteiger partial charge on any atom is 0.162 e. The molecule has 3 fully saturated rings. The number of piperidine rings is 1. The van der Waals surface area contributed by atoms with E-state index in [-0.39, 0.29) is 5.92 Å². The topological polar surface area (TPSA) is 87.5 Å². The number of rotatable bonds is 5. The molecule has 0 radical (unpaired) electrons. The summed E-state index contributed by atoms with van der Waals surface area (Å²) in [6, 6.07) is 6.36. The fourth-order valence-corrected chi connectivity index (χ4v) is 6.18. The summed E-state index contributed by atoms with van der Waals surface area (Å²) in [5.41, 5.74) is 3.18. The second-order valence-electron chi connectivity index (χ2n) is 9.45. The van der Waals surface area contributed by atoms with Crippen molar-refractivity contribution in [3.8, 4) is 0 Å². The molecule has 1 N–H and O–H groups in total. The first kappa shape index (κ1) is 21.2. The van der Waals surface area contributed by atoms with Crippen LogP contribution >= 0.6 is 11.3 Å². The molecule has 9 heteroatoms. The first-order valence-corrected chi connectivity index (χ1v) is 13.0. The van der Waals surface area contributed by atoms with E-state index in [1.807, 2.05) is 0 Å². The number of anilines is 2. The van der Waals surface area contributed by atoms with E-state index in [1.54, 1.807) is 11.3 Å². The Bertz CT molecular complexity index is 1110. The quantitative estimate of drug-likeness (QED) is 0.611. The molecule has 174 valence electrons. The van der Waals surface area contributed by atoms with Crippen LogP contribution in [0.5, 0.6) is 0 Å². The van der Waals surface area contributed by atoms with Crippen molar-refractivity contribution in [3.05, 3.63) is 34.3 Å². The fraction of sp³-hybridized carbons (Fsp3) is 0.583. The minimum Gasteiger partial charge on any atom is -0.386 e. The number of morpholine rings is 1. The van der Waals surface area contributed by atoms with E-state index < -0.39 is 6.10 Å². The second-order valence-corrected chi connectivity index (χ2v) is 10.3. The van der Waals surface area contributed by atoms with Crippen LogP contribution in [0.4, 0.5) is 11.5 Å². The standard InChI is InChI=1S/C24H30N6O2S/c31-22(24-25-21(15-33-24)16-3-1-4-16)17-5-2-8-30(14-17)23-19-7-6-18(13-20(19)26-28-27-23)29-9-11-32-12-10-29/h6-7,13,15-17,22,31H,1-5,8-12,14H2/t17-,22-/m0/s1. The zero-order valence-electron chi connectivity index (χ0n) is 18.8.